The topological polar surface area (TPSA) is 110 Å². The van der Waals surface area contributed by atoms with Gasteiger partial charge in [-0.1, -0.05) is 61.5 Å². The fourth-order valence-corrected chi connectivity index (χ4v) is 5.46. The Kier molecular flexibility index (Phi) is 8.95. The van der Waals surface area contributed by atoms with Gasteiger partial charge < -0.3 is 19.3 Å². The van der Waals surface area contributed by atoms with E-state index >= 15 is 0 Å². The van der Waals surface area contributed by atoms with Crippen LogP contribution in [0.5, 0.6) is 0 Å². The normalized spacial score (nSPS) is 11.4. The van der Waals surface area contributed by atoms with Crippen LogP contribution in [-0.2, 0) is 24.8 Å². The van der Waals surface area contributed by atoms with Crippen molar-refractivity contribution in [2.75, 3.05) is 0 Å². The molecule has 0 spiro atoms. The molecule has 0 saturated carbocycles. The van der Waals surface area contributed by atoms with Crippen molar-refractivity contribution in [2.24, 2.45) is 7.05 Å². The molecule has 4 aromatic carbocycles. The SMILES string of the molecule is CCCc1nc2c(C)cc(-c3nc4ccccc4n3C)cc2n1Cc1ccc(-c2ccccc2C(=O)O)cc1.O=C(O)C(F)(F)F. The summed E-state index contributed by atoms with van der Waals surface area (Å²) in [7, 11) is 2.06. The molecule has 46 heavy (non-hydrogen) atoms. The Balaban J connectivity index is 0.000000537. The zero-order valence-corrected chi connectivity index (χ0v) is 25.3. The van der Waals surface area contributed by atoms with Crippen LogP contribution in [0.1, 0.15) is 40.7 Å². The smallest absolute Gasteiger partial charge is 0.478 e. The van der Waals surface area contributed by atoms with E-state index in [1.165, 1.54) is 0 Å². The Morgan fingerprint density at radius 3 is 2.13 bits per heavy atom. The zero-order valence-electron chi connectivity index (χ0n) is 25.3. The van der Waals surface area contributed by atoms with E-state index < -0.39 is 18.1 Å². The molecule has 0 atom stereocenters. The molecule has 2 aromatic heterocycles. The van der Waals surface area contributed by atoms with Crippen LogP contribution in [0.25, 0.3) is 44.6 Å². The van der Waals surface area contributed by atoms with Crippen molar-refractivity contribution in [1.82, 2.24) is 19.1 Å². The quantitative estimate of drug-likeness (QED) is 0.186. The van der Waals surface area contributed by atoms with Crippen molar-refractivity contribution in [1.29, 1.82) is 0 Å². The maximum atomic E-state index is 11.7. The molecule has 236 valence electrons. The summed E-state index contributed by atoms with van der Waals surface area (Å²) in [5, 5.41) is 16.7. The minimum absolute atomic E-state index is 0.307. The van der Waals surface area contributed by atoms with E-state index in [-0.39, 0.29) is 0 Å². The summed E-state index contributed by atoms with van der Waals surface area (Å²) in [6.07, 6.45) is -3.19. The van der Waals surface area contributed by atoms with Gasteiger partial charge in [0.15, 0.2) is 0 Å². The van der Waals surface area contributed by atoms with Crippen LogP contribution in [0.2, 0.25) is 0 Å². The number of aromatic carboxylic acids is 1. The predicted molar refractivity (Wildman–Crippen MR) is 170 cm³/mol. The second-order valence-electron chi connectivity index (χ2n) is 10.9. The molecule has 0 saturated heterocycles. The number of carbonyl (C=O) groups is 2. The maximum absolute atomic E-state index is 11.7. The van der Waals surface area contributed by atoms with Gasteiger partial charge in [0.1, 0.15) is 11.6 Å². The molecule has 11 heteroatoms. The van der Waals surface area contributed by atoms with Crippen molar-refractivity contribution in [3.05, 3.63) is 107 Å². The molecule has 0 bridgehead atoms. The number of aliphatic carboxylic acids is 1. The lowest BCUT2D eigenvalue weighted by atomic mass is 9.98. The maximum Gasteiger partial charge on any atom is 0.490 e. The molecule has 6 aromatic rings. The molecule has 0 radical (unpaired) electrons. The van der Waals surface area contributed by atoms with Crippen molar-refractivity contribution in [3.8, 4) is 22.5 Å². The summed E-state index contributed by atoms with van der Waals surface area (Å²) >= 11 is 0. The summed E-state index contributed by atoms with van der Waals surface area (Å²) in [5.74, 6) is -1.67. The highest BCUT2D eigenvalue weighted by Crippen LogP contribution is 2.31. The molecule has 0 fully saturated rings. The van der Waals surface area contributed by atoms with Crippen LogP contribution in [0.4, 0.5) is 13.2 Å². The summed E-state index contributed by atoms with van der Waals surface area (Å²) in [4.78, 5) is 30.6. The van der Waals surface area contributed by atoms with Crippen LogP contribution < -0.4 is 0 Å². The van der Waals surface area contributed by atoms with Gasteiger partial charge >= 0.3 is 18.1 Å². The van der Waals surface area contributed by atoms with E-state index in [9.17, 15) is 23.1 Å². The van der Waals surface area contributed by atoms with Crippen LogP contribution in [-0.4, -0.2) is 47.4 Å². The third-order valence-corrected chi connectivity index (χ3v) is 7.65. The van der Waals surface area contributed by atoms with Crippen molar-refractivity contribution in [3.63, 3.8) is 0 Å². The number of imidazole rings is 2. The minimum atomic E-state index is -5.08. The molecule has 2 heterocycles. The van der Waals surface area contributed by atoms with Gasteiger partial charge in [-0.25, -0.2) is 19.6 Å². The molecule has 0 unspecified atom stereocenters. The van der Waals surface area contributed by atoms with E-state index in [1.807, 2.05) is 42.5 Å². The lowest BCUT2D eigenvalue weighted by Crippen LogP contribution is -2.21. The lowest BCUT2D eigenvalue weighted by molar-refractivity contribution is -0.192. The summed E-state index contributed by atoms with van der Waals surface area (Å²) in [5.41, 5.74) is 9.46. The third kappa shape index (κ3) is 6.49. The standard InChI is InChI=1S/C33H30N4O2.C2HF3O2/c1-4-9-30-35-31-21(2)18-24(32-34-27-12-7-8-13-28(27)36(32)3)19-29(31)37(30)20-22-14-16-23(17-15-22)25-10-5-6-11-26(25)33(38)39;3-2(4,5)1(6)7/h5-8,10-19H,4,9,20H2,1-3H3,(H,38,39);(H,6,7). The van der Waals surface area contributed by atoms with Gasteiger partial charge in [-0.05, 0) is 65.9 Å². The molecule has 8 nitrogen and oxygen atoms in total. The first-order chi connectivity index (χ1) is 21.9. The number of alkyl halides is 3. The van der Waals surface area contributed by atoms with Crippen LogP contribution >= 0.6 is 0 Å². The Morgan fingerprint density at radius 2 is 1.50 bits per heavy atom. The second kappa shape index (κ2) is 12.9. The number of aromatic nitrogens is 4. The lowest BCUT2D eigenvalue weighted by Gasteiger charge is -2.12. The van der Waals surface area contributed by atoms with E-state index in [0.29, 0.717) is 12.1 Å². The van der Waals surface area contributed by atoms with Crippen LogP contribution in [0, 0.1) is 6.92 Å². The molecule has 6 rings (SSSR count). The fraction of sp³-hybridized carbons (Fsp3) is 0.200. The summed E-state index contributed by atoms with van der Waals surface area (Å²) in [6, 6.07) is 27.9. The van der Waals surface area contributed by atoms with Gasteiger partial charge in [0.25, 0.3) is 0 Å². The van der Waals surface area contributed by atoms with Crippen molar-refractivity contribution < 1.29 is 33.0 Å². The Morgan fingerprint density at radius 1 is 0.848 bits per heavy atom. The highest BCUT2D eigenvalue weighted by Gasteiger charge is 2.38. The van der Waals surface area contributed by atoms with E-state index in [1.54, 1.807) is 12.1 Å². The number of aryl methyl sites for hydroxylation is 3. The van der Waals surface area contributed by atoms with Crippen LogP contribution in [0.3, 0.4) is 0 Å². The number of para-hydroxylation sites is 2. The number of hydrogen-bond donors (Lipinski definition) is 2. The first kappa shape index (κ1) is 32.0. The zero-order chi connectivity index (χ0) is 33.2. The van der Waals surface area contributed by atoms with Crippen molar-refractivity contribution in [2.45, 2.75) is 39.4 Å². The molecule has 2 N–H and O–H groups in total. The Labute approximate surface area is 262 Å². The molecule has 0 aliphatic heterocycles. The highest BCUT2D eigenvalue weighted by molar-refractivity contribution is 5.96. The fourth-order valence-electron chi connectivity index (χ4n) is 5.46. The van der Waals surface area contributed by atoms with E-state index in [0.717, 1.165) is 74.4 Å². The number of halogens is 3. The Bertz CT molecular complexity index is 2060. The first-order valence-corrected chi connectivity index (χ1v) is 14.5. The summed E-state index contributed by atoms with van der Waals surface area (Å²) < 4.78 is 36.2. The molecule has 0 aliphatic carbocycles. The predicted octanol–water partition coefficient (Wildman–Crippen LogP) is 7.90. The van der Waals surface area contributed by atoms with Gasteiger partial charge in [-0.15, -0.1) is 0 Å². The number of carboxylic acids is 2. The first-order valence-electron chi connectivity index (χ1n) is 14.5. The number of hydrogen-bond acceptors (Lipinski definition) is 4. The van der Waals surface area contributed by atoms with Gasteiger partial charge in [0.2, 0.25) is 0 Å². The van der Waals surface area contributed by atoms with Gasteiger partial charge in [0, 0.05) is 25.6 Å². The molecule has 0 amide bonds. The molecular formula is C35H31F3N4O4. The number of benzene rings is 4. The van der Waals surface area contributed by atoms with Crippen LogP contribution in [0.15, 0.2) is 84.9 Å². The average Bonchev–Trinajstić information content (AvgIpc) is 3.55. The number of nitrogens with zero attached hydrogens (tertiary/aromatic N) is 4. The minimum Gasteiger partial charge on any atom is -0.478 e. The van der Waals surface area contributed by atoms with Gasteiger partial charge in [0.05, 0.1) is 27.6 Å². The number of carboxylic acid groups (broad SMARTS) is 2. The van der Waals surface area contributed by atoms with E-state index in [2.05, 4.69) is 60.4 Å². The average molecular weight is 629 g/mol. The largest absolute Gasteiger partial charge is 0.490 e. The van der Waals surface area contributed by atoms with Gasteiger partial charge in [-0.2, -0.15) is 13.2 Å². The third-order valence-electron chi connectivity index (χ3n) is 7.65. The van der Waals surface area contributed by atoms with Crippen molar-refractivity contribution >= 4 is 34.0 Å². The monoisotopic (exact) mass is 628 g/mol. The number of rotatable bonds is 7. The molecule has 0 aliphatic rings. The summed E-state index contributed by atoms with van der Waals surface area (Å²) in [6.45, 7) is 4.98. The van der Waals surface area contributed by atoms with Gasteiger partial charge in [-0.3, -0.25) is 0 Å². The second-order valence-corrected chi connectivity index (χ2v) is 10.9. The van der Waals surface area contributed by atoms with E-state index in [4.69, 9.17) is 19.9 Å². The molecular weight excluding hydrogens is 597 g/mol. The highest BCUT2D eigenvalue weighted by atomic mass is 19.4. The Hall–Kier alpha value is -5.45. The number of fused-ring (bicyclic) bond motifs is 2.